The molecule has 2 aromatic rings. The zero-order valence-corrected chi connectivity index (χ0v) is 15.2. The summed E-state index contributed by atoms with van der Waals surface area (Å²) in [5.41, 5.74) is 2.31. The highest BCUT2D eigenvalue weighted by Gasteiger charge is 2.28. The number of aromatic nitrogens is 2. The van der Waals surface area contributed by atoms with Gasteiger partial charge in [0.2, 0.25) is 0 Å². The van der Waals surface area contributed by atoms with Crippen LogP contribution in [-0.2, 0) is 4.74 Å². The Balaban J connectivity index is 1.60. The number of morpholine rings is 1. The molecule has 0 bridgehead atoms. The number of amides is 1. The van der Waals surface area contributed by atoms with Crippen molar-refractivity contribution in [3.05, 3.63) is 28.3 Å². The summed E-state index contributed by atoms with van der Waals surface area (Å²) in [4.78, 5) is 22.3. The summed E-state index contributed by atoms with van der Waals surface area (Å²) in [6.07, 6.45) is 1.83. The molecule has 7 heteroatoms. The second kappa shape index (κ2) is 7.04. The van der Waals surface area contributed by atoms with Crippen LogP contribution in [0.1, 0.15) is 29.3 Å². The van der Waals surface area contributed by atoms with E-state index in [0.29, 0.717) is 12.2 Å². The highest BCUT2D eigenvalue weighted by molar-refractivity contribution is 7.09. The van der Waals surface area contributed by atoms with E-state index in [1.165, 1.54) is 0 Å². The van der Waals surface area contributed by atoms with E-state index in [-0.39, 0.29) is 11.4 Å². The largest absolute Gasteiger partial charge is 0.379 e. The van der Waals surface area contributed by atoms with Gasteiger partial charge >= 0.3 is 0 Å². The second-order valence-corrected chi connectivity index (χ2v) is 7.71. The first kappa shape index (κ1) is 17.1. The maximum Gasteiger partial charge on any atom is 0.267 e. The van der Waals surface area contributed by atoms with Crippen LogP contribution in [-0.4, -0.2) is 59.2 Å². The summed E-state index contributed by atoms with van der Waals surface area (Å²) in [6.45, 7) is 10.2. The van der Waals surface area contributed by atoms with Gasteiger partial charge < -0.3 is 15.0 Å². The lowest BCUT2D eigenvalue weighted by atomic mass is 10.0. The molecule has 3 heterocycles. The Morgan fingerprint density at radius 1 is 1.46 bits per heavy atom. The number of carbonyl (C=O) groups is 1. The average molecular weight is 348 g/mol. The first-order valence-electron chi connectivity index (χ1n) is 8.18. The van der Waals surface area contributed by atoms with Crippen molar-refractivity contribution < 1.29 is 9.53 Å². The fraction of sp³-hybridized carbons (Fsp3) is 0.529. The molecule has 1 aliphatic heterocycles. The van der Waals surface area contributed by atoms with Gasteiger partial charge in [-0.25, -0.2) is 4.98 Å². The van der Waals surface area contributed by atoms with E-state index >= 15 is 0 Å². The molecule has 2 aromatic heterocycles. The van der Waals surface area contributed by atoms with Gasteiger partial charge in [-0.3, -0.25) is 9.69 Å². The number of thiazole rings is 1. The number of hydrogen-bond acceptors (Lipinski definition) is 5. The summed E-state index contributed by atoms with van der Waals surface area (Å²) in [7, 11) is 0. The number of rotatable bonds is 5. The lowest BCUT2D eigenvalue weighted by molar-refractivity contribution is -0.00924. The lowest BCUT2D eigenvalue weighted by Gasteiger charge is -2.40. The van der Waals surface area contributed by atoms with Gasteiger partial charge in [0.15, 0.2) is 0 Å². The minimum Gasteiger partial charge on any atom is -0.379 e. The van der Waals surface area contributed by atoms with Gasteiger partial charge in [-0.05, 0) is 26.8 Å². The van der Waals surface area contributed by atoms with Crippen molar-refractivity contribution in [3.8, 4) is 11.3 Å². The van der Waals surface area contributed by atoms with E-state index in [1.54, 1.807) is 11.3 Å². The number of nitrogens with zero attached hydrogens (tertiary/aromatic N) is 2. The topological polar surface area (TPSA) is 70.2 Å². The highest BCUT2D eigenvalue weighted by atomic mass is 32.1. The molecule has 3 rings (SSSR count). The average Bonchev–Trinajstić information content (AvgIpc) is 3.22. The van der Waals surface area contributed by atoms with Crippen molar-refractivity contribution in [2.24, 2.45) is 0 Å². The smallest absolute Gasteiger partial charge is 0.267 e. The van der Waals surface area contributed by atoms with Crippen LogP contribution in [0.15, 0.2) is 17.6 Å². The van der Waals surface area contributed by atoms with Gasteiger partial charge in [0, 0.05) is 42.3 Å². The molecular weight excluding hydrogens is 324 g/mol. The summed E-state index contributed by atoms with van der Waals surface area (Å²) in [5, 5.41) is 6.06. The first-order valence-corrected chi connectivity index (χ1v) is 9.05. The van der Waals surface area contributed by atoms with E-state index in [4.69, 9.17) is 4.74 Å². The quantitative estimate of drug-likeness (QED) is 0.870. The Bertz CT molecular complexity index is 701. The highest BCUT2D eigenvalue weighted by Crippen LogP contribution is 2.22. The fourth-order valence-electron chi connectivity index (χ4n) is 2.84. The molecule has 1 saturated heterocycles. The second-order valence-electron chi connectivity index (χ2n) is 6.65. The van der Waals surface area contributed by atoms with E-state index in [2.05, 4.69) is 34.0 Å². The Kier molecular flexibility index (Phi) is 5.03. The predicted octanol–water partition coefficient (Wildman–Crippen LogP) is 2.29. The molecule has 0 aliphatic carbocycles. The SMILES string of the molecule is Cc1nc(-c2c[nH]c(C(=O)NCC(C)(C)N3CCOCC3)c2)cs1. The predicted molar refractivity (Wildman–Crippen MR) is 95.4 cm³/mol. The van der Waals surface area contributed by atoms with E-state index in [1.807, 2.05) is 24.6 Å². The number of carbonyl (C=O) groups excluding carboxylic acids is 1. The van der Waals surface area contributed by atoms with Crippen molar-refractivity contribution in [1.82, 2.24) is 20.2 Å². The summed E-state index contributed by atoms with van der Waals surface area (Å²) in [5.74, 6) is -0.0884. The van der Waals surface area contributed by atoms with Gasteiger partial charge in [-0.1, -0.05) is 0 Å². The number of H-pyrrole nitrogens is 1. The van der Waals surface area contributed by atoms with Crippen molar-refractivity contribution in [1.29, 1.82) is 0 Å². The van der Waals surface area contributed by atoms with Crippen LogP contribution >= 0.6 is 11.3 Å². The Morgan fingerprint density at radius 3 is 2.88 bits per heavy atom. The monoisotopic (exact) mass is 348 g/mol. The normalized spacial score (nSPS) is 16.3. The molecule has 24 heavy (non-hydrogen) atoms. The first-order chi connectivity index (χ1) is 11.5. The molecule has 1 aliphatic rings. The van der Waals surface area contributed by atoms with Crippen molar-refractivity contribution in [2.75, 3.05) is 32.8 Å². The van der Waals surface area contributed by atoms with Gasteiger partial charge in [-0.2, -0.15) is 0 Å². The molecule has 0 unspecified atom stereocenters. The minimum absolute atomic E-state index is 0.0884. The number of aryl methyl sites for hydroxylation is 1. The third-order valence-electron chi connectivity index (χ3n) is 4.39. The molecule has 0 radical (unpaired) electrons. The molecule has 0 aromatic carbocycles. The Morgan fingerprint density at radius 2 is 2.21 bits per heavy atom. The number of nitrogens with one attached hydrogen (secondary N) is 2. The maximum atomic E-state index is 12.4. The van der Waals surface area contributed by atoms with E-state index < -0.39 is 0 Å². The zero-order valence-electron chi connectivity index (χ0n) is 14.4. The van der Waals surface area contributed by atoms with Crippen molar-refractivity contribution in [2.45, 2.75) is 26.3 Å². The maximum absolute atomic E-state index is 12.4. The zero-order chi connectivity index (χ0) is 17.2. The third kappa shape index (κ3) is 3.85. The molecule has 1 amide bonds. The van der Waals surface area contributed by atoms with Crippen LogP contribution in [0.5, 0.6) is 0 Å². The Labute approximate surface area is 146 Å². The van der Waals surface area contributed by atoms with Gasteiger partial charge in [0.1, 0.15) is 5.69 Å². The lowest BCUT2D eigenvalue weighted by Crippen LogP contribution is -2.55. The molecule has 0 atom stereocenters. The number of aromatic amines is 1. The summed E-state index contributed by atoms with van der Waals surface area (Å²) < 4.78 is 5.40. The van der Waals surface area contributed by atoms with Gasteiger partial charge in [-0.15, -0.1) is 11.3 Å². The molecule has 6 nitrogen and oxygen atoms in total. The van der Waals surface area contributed by atoms with Crippen LogP contribution in [0.2, 0.25) is 0 Å². The number of ether oxygens (including phenoxy) is 1. The van der Waals surface area contributed by atoms with Gasteiger partial charge in [0.05, 0.1) is 23.9 Å². The minimum atomic E-state index is -0.0963. The van der Waals surface area contributed by atoms with Crippen LogP contribution in [0.25, 0.3) is 11.3 Å². The van der Waals surface area contributed by atoms with Crippen LogP contribution in [0.4, 0.5) is 0 Å². The molecule has 0 saturated carbocycles. The van der Waals surface area contributed by atoms with Gasteiger partial charge in [0.25, 0.3) is 5.91 Å². The van der Waals surface area contributed by atoms with E-state index in [0.717, 1.165) is 42.6 Å². The molecule has 1 fully saturated rings. The standard InChI is InChI=1S/C17H24N4O2S/c1-12-20-15(10-24-12)13-8-14(18-9-13)16(22)19-11-17(2,3)21-4-6-23-7-5-21/h8-10,18H,4-7,11H2,1-3H3,(H,19,22). The fourth-order valence-corrected chi connectivity index (χ4v) is 3.46. The summed E-state index contributed by atoms with van der Waals surface area (Å²) in [6, 6.07) is 1.85. The van der Waals surface area contributed by atoms with Crippen molar-refractivity contribution in [3.63, 3.8) is 0 Å². The van der Waals surface area contributed by atoms with E-state index in [9.17, 15) is 4.79 Å². The third-order valence-corrected chi connectivity index (χ3v) is 5.16. The van der Waals surface area contributed by atoms with Crippen LogP contribution < -0.4 is 5.32 Å². The van der Waals surface area contributed by atoms with Crippen LogP contribution in [0, 0.1) is 6.92 Å². The van der Waals surface area contributed by atoms with Crippen molar-refractivity contribution >= 4 is 17.2 Å². The van der Waals surface area contributed by atoms with Crippen LogP contribution in [0.3, 0.4) is 0 Å². The summed E-state index contributed by atoms with van der Waals surface area (Å²) >= 11 is 1.61. The molecule has 2 N–H and O–H groups in total. The Hall–Kier alpha value is -1.70. The number of hydrogen-bond donors (Lipinski definition) is 2. The molecular formula is C17H24N4O2S. The molecule has 130 valence electrons. The molecule has 0 spiro atoms.